The summed E-state index contributed by atoms with van der Waals surface area (Å²) in [5, 5.41) is 5.92. The van der Waals surface area contributed by atoms with E-state index in [9.17, 15) is 9.59 Å². The quantitative estimate of drug-likeness (QED) is 0.476. The minimum atomic E-state index is -0.165. The van der Waals surface area contributed by atoms with Crippen molar-refractivity contribution < 1.29 is 9.59 Å². The van der Waals surface area contributed by atoms with Crippen molar-refractivity contribution in [1.82, 2.24) is 14.9 Å². The maximum Gasteiger partial charge on any atom is 0.251 e. The number of aromatic nitrogens is 2. The van der Waals surface area contributed by atoms with E-state index in [1.807, 2.05) is 79.9 Å². The molecule has 1 heterocycles. The van der Waals surface area contributed by atoms with Crippen LogP contribution in [0.15, 0.2) is 66.7 Å². The number of anilines is 1. The Morgan fingerprint density at radius 2 is 1.59 bits per heavy atom. The Bertz CT molecular complexity index is 1290. The molecule has 4 aromatic rings. The number of rotatable bonds is 6. The standard InChI is InChI=1S/C26H26N4O2/c1-17-12-18(2)14-20(13-17)28-25(31)16-30-23-11-7-6-10-22(23)29-24(30)15-27-26(32)21-9-5-4-8-19(21)3/h4-14H,15-16H2,1-3H3,(H,27,32)(H,28,31). The zero-order valence-corrected chi connectivity index (χ0v) is 18.5. The van der Waals surface area contributed by atoms with Gasteiger partial charge in [-0.2, -0.15) is 0 Å². The molecule has 0 aliphatic carbocycles. The molecular formula is C26H26N4O2. The second-order valence-corrected chi connectivity index (χ2v) is 8.03. The molecular weight excluding hydrogens is 400 g/mol. The molecule has 6 heteroatoms. The fourth-order valence-electron chi connectivity index (χ4n) is 3.91. The average Bonchev–Trinajstić information content (AvgIpc) is 3.09. The normalized spacial score (nSPS) is 10.8. The molecule has 162 valence electrons. The molecule has 3 aromatic carbocycles. The molecule has 0 radical (unpaired) electrons. The van der Waals surface area contributed by atoms with Crippen molar-refractivity contribution >= 4 is 28.5 Å². The molecule has 0 spiro atoms. The molecule has 0 fully saturated rings. The SMILES string of the molecule is Cc1cc(C)cc(NC(=O)Cn2c(CNC(=O)c3ccccc3C)nc3ccccc32)c1. The third kappa shape index (κ3) is 4.70. The van der Waals surface area contributed by atoms with Crippen LogP contribution in [0, 0.1) is 20.8 Å². The van der Waals surface area contributed by atoms with Crippen LogP contribution in [0.4, 0.5) is 5.69 Å². The summed E-state index contributed by atoms with van der Waals surface area (Å²) < 4.78 is 1.85. The molecule has 1 aromatic heterocycles. The summed E-state index contributed by atoms with van der Waals surface area (Å²) >= 11 is 0. The Labute approximate surface area is 187 Å². The lowest BCUT2D eigenvalue weighted by Gasteiger charge is -2.12. The molecule has 0 aliphatic rings. The Hall–Kier alpha value is -3.93. The van der Waals surface area contributed by atoms with Crippen molar-refractivity contribution in [1.29, 1.82) is 0 Å². The number of fused-ring (bicyclic) bond motifs is 1. The number of carbonyl (C=O) groups excluding carboxylic acids is 2. The highest BCUT2D eigenvalue weighted by atomic mass is 16.2. The van der Waals surface area contributed by atoms with Crippen molar-refractivity contribution in [3.63, 3.8) is 0 Å². The molecule has 0 unspecified atom stereocenters. The molecule has 2 N–H and O–H groups in total. The Balaban J connectivity index is 1.55. The topological polar surface area (TPSA) is 76.0 Å². The van der Waals surface area contributed by atoms with Gasteiger partial charge in [-0.15, -0.1) is 0 Å². The van der Waals surface area contributed by atoms with E-state index >= 15 is 0 Å². The smallest absolute Gasteiger partial charge is 0.251 e. The Morgan fingerprint density at radius 3 is 2.34 bits per heavy atom. The van der Waals surface area contributed by atoms with Crippen molar-refractivity contribution in [2.45, 2.75) is 33.9 Å². The number of para-hydroxylation sites is 2. The molecule has 0 atom stereocenters. The van der Waals surface area contributed by atoms with Crippen molar-refractivity contribution in [3.8, 4) is 0 Å². The van der Waals surface area contributed by atoms with E-state index in [1.54, 1.807) is 6.07 Å². The summed E-state index contributed by atoms with van der Waals surface area (Å²) in [5.74, 6) is 0.315. The lowest BCUT2D eigenvalue weighted by atomic mass is 10.1. The van der Waals surface area contributed by atoms with Crippen LogP contribution in [-0.4, -0.2) is 21.4 Å². The van der Waals surface area contributed by atoms with Gasteiger partial charge in [-0.1, -0.05) is 36.4 Å². The van der Waals surface area contributed by atoms with Crippen molar-refractivity contribution in [2.75, 3.05) is 5.32 Å². The van der Waals surface area contributed by atoms with Gasteiger partial charge in [0.05, 0.1) is 17.6 Å². The number of nitrogens with one attached hydrogen (secondary N) is 2. The fourth-order valence-corrected chi connectivity index (χ4v) is 3.91. The van der Waals surface area contributed by atoms with E-state index in [2.05, 4.69) is 21.7 Å². The van der Waals surface area contributed by atoms with Gasteiger partial charge in [0.2, 0.25) is 5.91 Å². The van der Waals surface area contributed by atoms with Gasteiger partial charge >= 0.3 is 0 Å². The predicted molar refractivity (Wildman–Crippen MR) is 127 cm³/mol. The largest absolute Gasteiger partial charge is 0.345 e. The van der Waals surface area contributed by atoms with Crippen LogP contribution in [0.2, 0.25) is 0 Å². The van der Waals surface area contributed by atoms with E-state index in [1.165, 1.54) is 0 Å². The van der Waals surface area contributed by atoms with E-state index < -0.39 is 0 Å². The number of hydrogen-bond donors (Lipinski definition) is 2. The molecule has 2 amide bonds. The van der Waals surface area contributed by atoms with E-state index in [0.29, 0.717) is 11.4 Å². The number of carbonyl (C=O) groups is 2. The fraction of sp³-hybridized carbons (Fsp3) is 0.192. The van der Waals surface area contributed by atoms with Crippen LogP contribution in [0.5, 0.6) is 0 Å². The highest BCUT2D eigenvalue weighted by Crippen LogP contribution is 2.18. The van der Waals surface area contributed by atoms with Gasteiger partial charge in [0.25, 0.3) is 5.91 Å². The first-order valence-corrected chi connectivity index (χ1v) is 10.6. The minimum Gasteiger partial charge on any atom is -0.345 e. The highest BCUT2D eigenvalue weighted by Gasteiger charge is 2.16. The molecule has 0 bridgehead atoms. The molecule has 0 saturated carbocycles. The molecule has 32 heavy (non-hydrogen) atoms. The molecule has 0 saturated heterocycles. The summed E-state index contributed by atoms with van der Waals surface area (Å²) in [5.41, 5.74) is 6.12. The second-order valence-electron chi connectivity index (χ2n) is 8.03. The Morgan fingerprint density at radius 1 is 0.906 bits per heavy atom. The third-order valence-corrected chi connectivity index (χ3v) is 5.34. The molecule has 6 nitrogen and oxygen atoms in total. The lowest BCUT2D eigenvalue weighted by Crippen LogP contribution is -2.27. The van der Waals surface area contributed by atoms with Crippen LogP contribution in [0.3, 0.4) is 0 Å². The zero-order chi connectivity index (χ0) is 22.7. The number of nitrogens with zero attached hydrogens (tertiary/aromatic N) is 2. The van der Waals surface area contributed by atoms with Gasteiger partial charge in [-0.05, 0) is 67.8 Å². The van der Waals surface area contributed by atoms with Gasteiger partial charge in [-0.3, -0.25) is 9.59 Å². The summed E-state index contributed by atoms with van der Waals surface area (Å²) in [4.78, 5) is 30.2. The van der Waals surface area contributed by atoms with Gasteiger partial charge in [0.1, 0.15) is 12.4 Å². The van der Waals surface area contributed by atoms with Crippen molar-refractivity contribution in [3.05, 3.63) is 94.8 Å². The first kappa shape index (κ1) is 21.3. The third-order valence-electron chi connectivity index (χ3n) is 5.34. The second kappa shape index (κ2) is 9.06. The van der Waals surface area contributed by atoms with E-state index in [4.69, 9.17) is 0 Å². The van der Waals surface area contributed by atoms with Crippen LogP contribution in [-0.2, 0) is 17.9 Å². The number of benzene rings is 3. The zero-order valence-electron chi connectivity index (χ0n) is 18.5. The number of imidazole rings is 1. The van der Waals surface area contributed by atoms with Gasteiger partial charge < -0.3 is 15.2 Å². The lowest BCUT2D eigenvalue weighted by molar-refractivity contribution is -0.116. The maximum atomic E-state index is 12.9. The van der Waals surface area contributed by atoms with E-state index in [0.717, 1.165) is 33.4 Å². The number of aryl methyl sites for hydroxylation is 3. The Kier molecular flexibility index (Phi) is 6.03. The number of hydrogen-bond acceptors (Lipinski definition) is 3. The van der Waals surface area contributed by atoms with E-state index in [-0.39, 0.29) is 24.9 Å². The minimum absolute atomic E-state index is 0.100. The predicted octanol–water partition coefficient (Wildman–Crippen LogP) is 4.53. The van der Waals surface area contributed by atoms with Crippen LogP contribution in [0.1, 0.15) is 32.9 Å². The summed E-state index contributed by atoms with van der Waals surface area (Å²) in [7, 11) is 0. The summed E-state index contributed by atoms with van der Waals surface area (Å²) in [6.07, 6.45) is 0. The summed E-state index contributed by atoms with van der Waals surface area (Å²) in [6, 6.07) is 21.1. The average molecular weight is 427 g/mol. The van der Waals surface area contributed by atoms with Crippen LogP contribution < -0.4 is 10.6 Å². The highest BCUT2D eigenvalue weighted by molar-refractivity contribution is 5.95. The molecule has 4 rings (SSSR count). The first-order chi connectivity index (χ1) is 15.4. The van der Waals surface area contributed by atoms with Crippen molar-refractivity contribution in [2.24, 2.45) is 0 Å². The van der Waals surface area contributed by atoms with Gasteiger partial charge in [-0.25, -0.2) is 4.98 Å². The van der Waals surface area contributed by atoms with Gasteiger partial charge in [0.15, 0.2) is 0 Å². The molecule has 0 aliphatic heterocycles. The summed E-state index contributed by atoms with van der Waals surface area (Å²) in [6.45, 7) is 6.23. The van der Waals surface area contributed by atoms with Crippen LogP contribution >= 0.6 is 0 Å². The monoisotopic (exact) mass is 426 g/mol. The number of amides is 2. The first-order valence-electron chi connectivity index (χ1n) is 10.6. The maximum absolute atomic E-state index is 12.9. The van der Waals surface area contributed by atoms with Gasteiger partial charge in [0, 0.05) is 11.3 Å². The van der Waals surface area contributed by atoms with Crippen LogP contribution in [0.25, 0.3) is 11.0 Å².